The molecule has 0 spiro atoms. The molecule has 0 aliphatic carbocycles. The van der Waals surface area contributed by atoms with Crippen molar-refractivity contribution in [2.45, 2.75) is 19.9 Å². The van der Waals surface area contributed by atoms with Crippen LogP contribution in [0.15, 0.2) is 20.9 Å². The SMILES string of the molecule is CCNC(=NCc1ccc(Br)s1)N(C)CC1CCOC1.I. The molecule has 1 saturated heterocycles. The molecule has 1 aromatic heterocycles. The second kappa shape index (κ2) is 10.0. The average Bonchev–Trinajstić information content (AvgIpc) is 3.06. The number of nitrogens with one attached hydrogen (secondary N) is 1. The standard InChI is InChI=1S/C14H22BrN3OS.HI/c1-3-16-14(17-8-12-4-5-13(15)20-12)18(2)9-11-6-7-19-10-11;/h4-5,11H,3,6-10H2,1-2H3,(H,16,17);1H. The Morgan fingerprint density at radius 2 is 2.38 bits per heavy atom. The molecule has 2 rings (SSSR count). The van der Waals surface area contributed by atoms with Crippen molar-refractivity contribution in [1.82, 2.24) is 10.2 Å². The highest BCUT2D eigenvalue weighted by molar-refractivity contribution is 14.0. The number of halogens is 2. The van der Waals surface area contributed by atoms with E-state index in [-0.39, 0.29) is 24.0 Å². The van der Waals surface area contributed by atoms with Gasteiger partial charge in [-0.25, -0.2) is 4.99 Å². The van der Waals surface area contributed by atoms with Crippen LogP contribution in [0.25, 0.3) is 0 Å². The molecule has 1 aromatic rings. The van der Waals surface area contributed by atoms with Crippen LogP contribution in [-0.2, 0) is 11.3 Å². The summed E-state index contributed by atoms with van der Waals surface area (Å²) in [4.78, 5) is 8.20. The number of nitrogens with zero attached hydrogens (tertiary/aromatic N) is 2. The van der Waals surface area contributed by atoms with Crippen molar-refractivity contribution < 1.29 is 4.74 Å². The Morgan fingerprint density at radius 3 is 2.95 bits per heavy atom. The van der Waals surface area contributed by atoms with E-state index in [1.807, 2.05) is 0 Å². The molecule has 0 aromatic carbocycles. The maximum absolute atomic E-state index is 5.44. The number of ether oxygens (including phenoxy) is 1. The quantitative estimate of drug-likeness (QED) is 0.392. The van der Waals surface area contributed by atoms with E-state index < -0.39 is 0 Å². The van der Waals surface area contributed by atoms with Crippen LogP contribution in [0.3, 0.4) is 0 Å². The fraction of sp³-hybridized carbons (Fsp3) is 0.643. The first kappa shape index (κ1) is 19.2. The van der Waals surface area contributed by atoms with Crippen molar-refractivity contribution in [2.24, 2.45) is 10.9 Å². The molecule has 1 aliphatic heterocycles. The van der Waals surface area contributed by atoms with Gasteiger partial charge >= 0.3 is 0 Å². The molecule has 4 nitrogen and oxygen atoms in total. The molecular weight excluding hydrogens is 465 g/mol. The van der Waals surface area contributed by atoms with Crippen LogP contribution in [0.2, 0.25) is 0 Å². The summed E-state index contributed by atoms with van der Waals surface area (Å²) in [5, 5.41) is 3.36. The highest BCUT2D eigenvalue weighted by Crippen LogP contribution is 2.22. The van der Waals surface area contributed by atoms with Gasteiger partial charge < -0.3 is 15.0 Å². The number of guanidine groups is 1. The van der Waals surface area contributed by atoms with Crippen LogP contribution < -0.4 is 5.32 Å². The monoisotopic (exact) mass is 487 g/mol. The minimum Gasteiger partial charge on any atom is -0.381 e. The third-order valence-electron chi connectivity index (χ3n) is 3.27. The zero-order valence-corrected chi connectivity index (χ0v) is 17.2. The third-order valence-corrected chi connectivity index (χ3v) is 4.87. The molecular formula is C14H23BrIN3OS. The van der Waals surface area contributed by atoms with E-state index in [2.05, 4.69) is 52.3 Å². The van der Waals surface area contributed by atoms with Gasteiger partial charge in [0.1, 0.15) is 0 Å². The topological polar surface area (TPSA) is 36.9 Å². The fourth-order valence-corrected chi connectivity index (χ4v) is 3.67. The van der Waals surface area contributed by atoms with Crippen molar-refractivity contribution >= 4 is 57.2 Å². The molecule has 1 unspecified atom stereocenters. The first-order valence-electron chi connectivity index (χ1n) is 7.00. The molecule has 7 heteroatoms. The normalized spacial score (nSPS) is 18.4. The van der Waals surface area contributed by atoms with E-state index in [0.29, 0.717) is 5.92 Å². The largest absolute Gasteiger partial charge is 0.381 e. The number of hydrogen-bond donors (Lipinski definition) is 1. The first-order chi connectivity index (χ1) is 9.69. The van der Waals surface area contributed by atoms with Crippen molar-refractivity contribution in [3.05, 3.63) is 20.8 Å². The lowest BCUT2D eigenvalue weighted by Gasteiger charge is -2.24. The highest BCUT2D eigenvalue weighted by Gasteiger charge is 2.19. The number of rotatable bonds is 5. The van der Waals surface area contributed by atoms with Crippen LogP contribution in [0, 0.1) is 5.92 Å². The maximum atomic E-state index is 5.44. The van der Waals surface area contributed by atoms with E-state index >= 15 is 0 Å². The van der Waals surface area contributed by atoms with Crippen LogP contribution in [0.1, 0.15) is 18.2 Å². The minimum absolute atomic E-state index is 0. The lowest BCUT2D eigenvalue weighted by Crippen LogP contribution is -2.41. The minimum atomic E-state index is 0. The van der Waals surface area contributed by atoms with Gasteiger partial charge in [-0.1, -0.05) is 0 Å². The Bertz CT molecular complexity index is 449. The Morgan fingerprint density at radius 1 is 1.57 bits per heavy atom. The summed E-state index contributed by atoms with van der Waals surface area (Å²) in [5.41, 5.74) is 0. The summed E-state index contributed by atoms with van der Waals surface area (Å²) >= 11 is 5.22. The van der Waals surface area contributed by atoms with E-state index in [4.69, 9.17) is 9.73 Å². The van der Waals surface area contributed by atoms with Gasteiger partial charge in [-0.15, -0.1) is 35.3 Å². The molecule has 1 atom stereocenters. The van der Waals surface area contributed by atoms with Gasteiger partial charge in [0.15, 0.2) is 5.96 Å². The van der Waals surface area contributed by atoms with Gasteiger partial charge in [0, 0.05) is 37.5 Å². The molecule has 0 bridgehead atoms. The van der Waals surface area contributed by atoms with E-state index in [0.717, 1.165) is 49.0 Å². The summed E-state index contributed by atoms with van der Waals surface area (Å²) in [7, 11) is 2.10. The third kappa shape index (κ3) is 6.42. The Balaban J connectivity index is 0.00000220. The van der Waals surface area contributed by atoms with E-state index in [9.17, 15) is 0 Å². The van der Waals surface area contributed by atoms with E-state index in [1.165, 1.54) is 4.88 Å². The van der Waals surface area contributed by atoms with Crippen LogP contribution >= 0.6 is 51.2 Å². The van der Waals surface area contributed by atoms with Crippen molar-refractivity contribution in [3.8, 4) is 0 Å². The van der Waals surface area contributed by atoms with Gasteiger partial charge in [0.2, 0.25) is 0 Å². The molecule has 21 heavy (non-hydrogen) atoms. The number of hydrogen-bond acceptors (Lipinski definition) is 3. The summed E-state index contributed by atoms with van der Waals surface area (Å²) in [6, 6.07) is 4.19. The van der Waals surface area contributed by atoms with Gasteiger partial charge in [0.05, 0.1) is 16.9 Å². The molecule has 120 valence electrons. The molecule has 1 fully saturated rings. The van der Waals surface area contributed by atoms with Crippen molar-refractivity contribution in [2.75, 3.05) is 33.4 Å². The molecule has 0 amide bonds. The second-order valence-corrected chi connectivity index (χ2v) is 7.53. The first-order valence-corrected chi connectivity index (χ1v) is 8.61. The predicted octanol–water partition coefficient (Wildman–Crippen LogP) is 3.56. The maximum Gasteiger partial charge on any atom is 0.194 e. The Kier molecular flexibility index (Phi) is 9.15. The Hall–Kier alpha value is 0.140. The summed E-state index contributed by atoms with van der Waals surface area (Å²) in [6.45, 7) is 6.49. The van der Waals surface area contributed by atoms with Gasteiger partial charge in [-0.05, 0) is 41.4 Å². The zero-order chi connectivity index (χ0) is 14.4. The smallest absolute Gasteiger partial charge is 0.194 e. The van der Waals surface area contributed by atoms with Crippen LogP contribution in [0.4, 0.5) is 0 Å². The summed E-state index contributed by atoms with van der Waals surface area (Å²) in [6.07, 6.45) is 1.15. The molecule has 0 radical (unpaired) electrons. The molecule has 1 N–H and O–H groups in total. The van der Waals surface area contributed by atoms with Crippen molar-refractivity contribution in [3.63, 3.8) is 0 Å². The second-order valence-electron chi connectivity index (χ2n) is 4.99. The zero-order valence-electron chi connectivity index (χ0n) is 12.5. The molecule has 2 heterocycles. The number of thiophene rings is 1. The lowest BCUT2D eigenvalue weighted by molar-refractivity contribution is 0.181. The van der Waals surface area contributed by atoms with Gasteiger partial charge in [0.25, 0.3) is 0 Å². The Labute approximate surface area is 156 Å². The van der Waals surface area contributed by atoms with Crippen molar-refractivity contribution in [1.29, 1.82) is 0 Å². The average molecular weight is 488 g/mol. The number of aliphatic imine (C=N–C) groups is 1. The summed E-state index contributed by atoms with van der Waals surface area (Å²) in [5.74, 6) is 1.60. The highest BCUT2D eigenvalue weighted by atomic mass is 127. The summed E-state index contributed by atoms with van der Waals surface area (Å²) < 4.78 is 6.60. The molecule has 1 aliphatic rings. The molecule has 0 saturated carbocycles. The van der Waals surface area contributed by atoms with Crippen LogP contribution in [0.5, 0.6) is 0 Å². The fourth-order valence-electron chi connectivity index (χ4n) is 2.26. The van der Waals surface area contributed by atoms with E-state index in [1.54, 1.807) is 11.3 Å². The lowest BCUT2D eigenvalue weighted by atomic mass is 10.1. The predicted molar refractivity (Wildman–Crippen MR) is 104 cm³/mol. The van der Waals surface area contributed by atoms with Gasteiger partial charge in [-0.2, -0.15) is 0 Å². The van der Waals surface area contributed by atoms with Crippen LogP contribution in [-0.4, -0.2) is 44.2 Å². The van der Waals surface area contributed by atoms with Gasteiger partial charge in [-0.3, -0.25) is 0 Å².